The summed E-state index contributed by atoms with van der Waals surface area (Å²) in [6, 6.07) is 12.3. The smallest absolute Gasteiger partial charge is 0.340 e. The van der Waals surface area contributed by atoms with Crippen LogP contribution >= 0.6 is 0 Å². The number of benzene rings is 2. The molecule has 1 saturated carbocycles. The fraction of sp³-hybridized carbons (Fsp3) is 0.515. The summed E-state index contributed by atoms with van der Waals surface area (Å²) in [5.41, 5.74) is 3.77. The molecule has 1 amide bonds. The van der Waals surface area contributed by atoms with Gasteiger partial charge in [0, 0.05) is 30.0 Å². The van der Waals surface area contributed by atoms with Gasteiger partial charge in [-0.05, 0) is 67.3 Å². The minimum atomic E-state index is -0.639. The van der Waals surface area contributed by atoms with Crippen LogP contribution in [0.15, 0.2) is 45.6 Å². The third-order valence-corrected chi connectivity index (χ3v) is 8.98. The quantitative estimate of drug-likeness (QED) is 0.410. The SMILES string of the molecule is Cc1c(CC(=O)N2CC[C@@]3(O)CCCC[C@H]3C2)c(=O)oc2c(C)c(OCc3ccc(C(C)(C)C)cc3)ccc12. The first-order valence-corrected chi connectivity index (χ1v) is 14.2. The molecule has 1 aliphatic heterocycles. The van der Waals surface area contributed by atoms with Gasteiger partial charge >= 0.3 is 5.63 Å². The van der Waals surface area contributed by atoms with Crippen LogP contribution in [0.5, 0.6) is 5.75 Å². The first-order valence-electron chi connectivity index (χ1n) is 14.2. The van der Waals surface area contributed by atoms with Crippen molar-refractivity contribution in [1.29, 1.82) is 0 Å². The number of amides is 1. The zero-order chi connectivity index (χ0) is 27.9. The molecule has 0 radical (unpaired) electrons. The molecule has 2 aliphatic rings. The normalized spacial score (nSPS) is 21.6. The number of carbonyl (C=O) groups excluding carboxylic acids is 1. The highest BCUT2D eigenvalue weighted by Crippen LogP contribution is 2.40. The van der Waals surface area contributed by atoms with E-state index in [1.165, 1.54) is 5.56 Å². The Morgan fingerprint density at radius 1 is 1.08 bits per heavy atom. The van der Waals surface area contributed by atoms with Crippen LogP contribution < -0.4 is 10.4 Å². The Balaban J connectivity index is 1.31. The average molecular weight is 532 g/mol. The Morgan fingerprint density at radius 2 is 1.82 bits per heavy atom. The van der Waals surface area contributed by atoms with Crippen LogP contribution in [0, 0.1) is 19.8 Å². The van der Waals surface area contributed by atoms with Crippen molar-refractivity contribution >= 4 is 16.9 Å². The Morgan fingerprint density at radius 3 is 2.54 bits per heavy atom. The van der Waals surface area contributed by atoms with E-state index in [0.29, 0.717) is 43.0 Å². The molecule has 3 aromatic rings. The Bertz CT molecular complexity index is 1430. The maximum Gasteiger partial charge on any atom is 0.340 e. The summed E-state index contributed by atoms with van der Waals surface area (Å²) in [5, 5.41) is 11.8. The zero-order valence-electron chi connectivity index (χ0n) is 23.9. The van der Waals surface area contributed by atoms with E-state index in [-0.39, 0.29) is 23.7 Å². The molecule has 0 spiro atoms. The van der Waals surface area contributed by atoms with Crippen LogP contribution in [-0.2, 0) is 23.2 Å². The summed E-state index contributed by atoms with van der Waals surface area (Å²) in [5.74, 6) is 0.712. The molecule has 6 heteroatoms. The highest BCUT2D eigenvalue weighted by atomic mass is 16.5. The fourth-order valence-corrected chi connectivity index (χ4v) is 6.25. The number of nitrogens with zero attached hydrogens (tertiary/aromatic N) is 1. The van der Waals surface area contributed by atoms with Gasteiger partial charge in [-0.3, -0.25) is 4.79 Å². The average Bonchev–Trinajstić information content (AvgIpc) is 2.90. The second kappa shape index (κ2) is 10.5. The summed E-state index contributed by atoms with van der Waals surface area (Å²) in [7, 11) is 0. The molecule has 6 nitrogen and oxygen atoms in total. The maximum absolute atomic E-state index is 13.2. The number of hydrogen-bond acceptors (Lipinski definition) is 5. The molecule has 1 saturated heterocycles. The van der Waals surface area contributed by atoms with Gasteiger partial charge in [0.1, 0.15) is 17.9 Å². The van der Waals surface area contributed by atoms with Crippen molar-refractivity contribution in [2.24, 2.45) is 5.92 Å². The molecule has 2 fully saturated rings. The summed E-state index contributed by atoms with van der Waals surface area (Å²) in [6.07, 6.45) is 4.53. The van der Waals surface area contributed by atoms with Crippen LogP contribution in [0.3, 0.4) is 0 Å². The van der Waals surface area contributed by atoms with Gasteiger partial charge in [-0.15, -0.1) is 0 Å². The molecule has 0 unspecified atom stereocenters. The Kier molecular flexibility index (Phi) is 7.36. The van der Waals surface area contributed by atoms with Gasteiger partial charge in [-0.1, -0.05) is 57.9 Å². The number of hydrogen-bond donors (Lipinski definition) is 1. The number of ether oxygens (including phenoxy) is 1. The minimum Gasteiger partial charge on any atom is -0.488 e. The van der Waals surface area contributed by atoms with Gasteiger partial charge in [-0.25, -0.2) is 4.79 Å². The molecule has 2 heterocycles. The number of likely N-dealkylation sites (tertiary alicyclic amines) is 1. The molecular formula is C33H41NO5. The van der Waals surface area contributed by atoms with Gasteiger partial charge in [0.2, 0.25) is 5.91 Å². The van der Waals surface area contributed by atoms with E-state index in [0.717, 1.165) is 47.8 Å². The number of piperidine rings is 1. The van der Waals surface area contributed by atoms with E-state index < -0.39 is 11.2 Å². The number of rotatable bonds is 5. The Hall–Kier alpha value is -3.12. The monoisotopic (exact) mass is 531 g/mol. The predicted molar refractivity (Wildman–Crippen MR) is 153 cm³/mol. The van der Waals surface area contributed by atoms with Crippen molar-refractivity contribution in [3.63, 3.8) is 0 Å². The maximum atomic E-state index is 13.2. The predicted octanol–water partition coefficient (Wildman–Crippen LogP) is 5.98. The number of aryl methyl sites for hydroxylation is 2. The van der Waals surface area contributed by atoms with E-state index in [9.17, 15) is 14.7 Å². The second-order valence-electron chi connectivity index (χ2n) is 12.6. The molecule has 0 bridgehead atoms. The fourth-order valence-electron chi connectivity index (χ4n) is 6.25. The first kappa shape index (κ1) is 27.4. The van der Waals surface area contributed by atoms with Crippen molar-refractivity contribution in [2.75, 3.05) is 13.1 Å². The molecule has 2 atom stereocenters. The molecule has 1 aliphatic carbocycles. The highest BCUT2D eigenvalue weighted by molar-refractivity contribution is 5.87. The van der Waals surface area contributed by atoms with Gasteiger partial charge in [0.05, 0.1) is 17.6 Å². The van der Waals surface area contributed by atoms with Crippen molar-refractivity contribution in [2.45, 2.75) is 90.8 Å². The van der Waals surface area contributed by atoms with Gasteiger partial charge < -0.3 is 19.2 Å². The van der Waals surface area contributed by atoms with E-state index >= 15 is 0 Å². The lowest BCUT2D eigenvalue weighted by Crippen LogP contribution is -2.55. The van der Waals surface area contributed by atoms with Crippen molar-refractivity contribution in [1.82, 2.24) is 4.90 Å². The van der Waals surface area contributed by atoms with E-state index in [4.69, 9.17) is 9.15 Å². The largest absolute Gasteiger partial charge is 0.488 e. The summed E-state index contributed by atoms with van der Waals surface area (Å²) in [4.78, 5) is 28.2. The zero-order valence-corrected chi connectivity index (χ0v) is 23.9. The van der Waals surface area contributed by atoms with E-state index in [1.807, 2.05) is 30.9 Å². The standard InChI is InChI=1S/C33H41NO5/c1-21-26-13-14-28(38-20-23-9-11-24(12-10-23)32(3,4)5)22(2)30(26)39-31(36)27(21)18-29(35)34-17-16-33(37)15-7-6-8-25(33)19-34/h9-14,25,37H,6-8,15-20H2,1-5H3/t25-,33-/m0/s1. The molecule has 1 N–H and O–H groups in total. The lowest BCUT2D eigenvalue weighted by Gasteiger charge is -2.47. The summed E-state index contributed by atoms with van der Waals surface area (Å²) >= 11 is 0. The van der Waals surface area contributed by atoms with Crippen LogP contribution in [0.25, 0.3) is 11.0 Å². The van der Waals surface area contributed by atoms with Crippen LogP contribution in [-0.4, -0.2) is 34.6 Å². The topological polar surface area (TPSA) is 80.0 Å². The summed E-state index contributed by atoms with van der Waals surface area (Å²) in [6.45, 7) is 11.9. The van der Waals surface area contributed by atoms with Crippen LogP contribution in [0.2, 0.25) is 0 Å². The van der Waals surface area contributed by atoms with Crippen molar-refractivity contribution < 1.29 is 19.1 Å². The van der Waals surface area contributed by atoms with Gasteiger partial charge in [0.25, 0.3) is 0 Å². The number of carbonyl (C=O) groups is 1. The number of fused-ring (bicyclic) bond motifs is 2. The Labute approximate surface area is 231 Å². The lowest BCUT2D eigenvalue weighted by atomic mass is 9.71. The molecule has 208 valence electrons. The van der Waals surface area contributed by atoms with Crippen molar-refractivity contribution in [3.8, 4) is 5.75 Å². The first-order chi connectivity index (χ1) is 18.5. The van der Waals surface area contributed by atoms with E-state index in [2.05, 4.69) is 45.0 Å². The minimum absolute atomic E-state index is 0.0110. The second-order valence-corrected chi connectivity index (χ2v) is 12.6. The summed E-state index contributed by atoms with van der Waals surface area (Å²) < 4.78 is 11.9. The molecule has 5 rings (SSSR count). The van der Waals surface area contributed by atoms with Gasteiger partial charge in [0.15, 0.2) is 0 Å². The van der Waals surface area contributed by atoms with Crippen LogP contribution in [0.1, 0.15) is 80.7 Å². The van der Waals surface area contributed by atoms with E-state index in [1.54, 1.807) is 0 Å². The number of aliphatic hydroxyl groups is 1. The highest BCUT2D eigenvalue weighted by Gasteiger charge is 2.43. The lowest BCUT2D eigenvalue weighted by molar-refractivity contribution is -0.142. The third kappa shape index (κ3) is 5.49. The molecule has 1 aromatic heterocycles. The van der Waals surface area contributed by atoms with Crippen LogP contribution in [0.4, 0.5) is 0 Å². The molecule has 39 heavy (non-hydrogen) atoms. The molecule has 2 aromatic carbocycles. The van der Waals surface area contributed by atoms with Crippen molar-refractivity contribution in [3.05, 3.63) is 74.6 Å². The third-order valence-electron chi connectivity index (χ3n) is 8.98. The van der Waals surface area contributed by atoms with Gasteiger partial charge in [-0.2, -0.15) is 0 Å². The molecular weight excluding hydrogens is 490 g/mol.